The van der Waals surface area contributed by atoms with Crippen molar-refractivity contribution in [3.63, 3.8) is 0 Å². The van der Waals surface area contributed by atoms with Gasteiger partial charge in [0.2, 0.25) is 0 Å². The molecule has 0 aliphatic carbocycles. The Labute approximate surface area is 55.8 Å². The summed E-state index contributed by atoms with van der Waals surface area (Å²) in [6.45, 7) is -0.527. The van der Waals surface area contributed by atoms with Crippen molar-refractivity contribution in [2.45, 2.75) is 11.7 Å². The lowest BCUT2D eigenvalue weighted by Gasteiger charge is -2.05. The number of aliphatic hydroxyl groups excluding tert-OH is 2. The van der Waals surface area contributed by atoms with Gasteiger partial charge in [0.1, 0.15) is 0 Å². The predicted molar refractivity (Wildman–Crippen MR) is 33.3 cm³/mol. The van der Waals surface area contributed by atoms with Gasteiger partial charge in [-0.05, 0) is 6.42 Å². The minimum Gasteiger partial charge on any atom is -0.396 e. The summed E-state index contributed by atoms with van der Waals surface area (Å²) < 4.78 is 18.5. The average molecular weight is 154 g/mol. The molecule has 56 valence electrons. The summed E-state index contributed by atoms with van der Waals surface area (Å²) in [7, 11) is 0. The lowest BCUT2D eigenvalue weighted by atomic mass is 10.3. The van der Waals surface area contributed by atoms with Crippen molar-refractivity contribution < 1.29 is 19.0 Å². The van der Waals surface area contributed by atoms with Crippen LogP contribution in [0.4, 0.5) is 0 Å². The molecule has 0 saturated heterocycles. The number of rotatable bonds is 4. The molecular formula is C4H10O4S. The van der Waals surface area contributed by atoms with Gasteiger partial charge in [-0.1, -0.05) is 0 Å². The van der Waals surface area contributed by atoms with Crippen LogP contribution in [0.2, 0.25) is 0 Å². The zero-order valence-electron chi connectivity index (χ0n) is 4.86. The van der Waals surface area contributed by atoms with Crippen LogP contribution in [0.25, 0.3) is 0 Å². The van der Waals surface area contributed by atoms with Crippen LogP contribution in [-0.2, 0) is 11.1 Å². The molecule has 0 radical (unpaired) electrons. The molecule has 0 heterocycles. The average Bonchev–Trinajstić information content (AvgIpc) is 1.82. The molecular weight excluding hydrogens is 144 g/mol. The summed E-state index contributed by atoms with van der Waals surface area (Å²) in [4.78, 5) is 0. The summed E-state index contributed by atoms with van der Waals surface area (Å²) >= 11 is -2.01. The van der Waals surface area contributed by atoms with E-state index in [2.05, 4.69) is 0 Å². The number of aliphatic hydroxyl groups is 2. The topological polar surface area (TPSA) is 77.8 Å². The Hall–Kier alpha value is 0.0300. The summed E-state index contributed by atoms with van der Waals surface area (Å²) in [5, 5.41) is 15.9. The summed E-state index contributed by atoms with van der Waals surface area (Å²) in [6, 6.07) is 0. The molecule has 0 aromatic carbocycles. The van der Waals surface area contributed by atoms with Gasteiger partial charge in [0.25, 0.3) is 0 Å². The fourth-order valence-corrected chi connectivity index (χ4v) is 0.834. The Morgan fingerprint density at radius 1 is 1.44 bits per heavy atom. The highest BCUT2D eigenvalue weighted by molar-refractivity contribution is 7.79. The number of hydrogen-bond donors (Lipinski definition) is 3. The zero-order chi connectivity index (χ0) is 7.28. The van der Waals surface area contributed by atoms with Crippen molar-refractivity contribution in [2.75, 3.05) is 13.2 Å². The van der Waals surface area contributed by atoms with E-state index in [4.69, 9.17) is 14.8 Å². The third kappa shape index (κ3) is 3.58. The molecule has 0 saturated carbocycles. The second-order valence-electron chi connectivity index (χ2n) is 1.59. The maximum absolute atomic E-state index is 10.2. The Morgan fingerprint density at radius 2 is 2.00 bits per heavy atom. The summed E-state index contributed by atoms with van der Waals surface area (Å²) in [5.41, 5.74) is 0. The van der Waals surface area contributed by atoms with Crippen LogP contribution in [-0.4, -0.2) is 37.4 Å². The van der Waals surface area contributed by atoms with Crippen LogP contribution in [0.5, 0.6) is 0 Å². The molecule has 0 rings (SSSR count). The molecule has 4 nitrogen and oxygen atoms in total. The monoisotopic (exact) mass is 154 g/mol. The molecule has 0 bridgehead atoms. The van der Waals surface area contributed by atoms with E-state index in [0.29, 0.717) is 0 Å². The molecule has 0 aliphatic rings. The van der Waals surface area contributed by atoms with Crippen molar-refractivity contribution >= 4 is 11.1 Å². The molecule has 0 aromatic heterocycles. The highest BCUT2D eigenvalue weighted by Gasteiger charge is 2.11. The van der Waals surface area contributed by atoms with Gasteiger partial charge in [-0.25, -0.2) is 4.21 Å². The van der Waals surface area contributed by atoms with Gasteiger partial charge in [-0.2, -0.15) is 0 Å². The molecule has 0 aromatic rings. The van der Waals surface area contributed by atoms with E-state index < -0.39 is 16.3 Å². The molecule has 5 heteroatoms. The van der Waals surface area contributed by atoms with Crippen LogP contribution >= 0.6 is 0 Å². The van der Waals surface area contributed by atoms with E-state index in [-0.39, 0.29) is 19.6 Å². The highest BCUT2D eigenvalue weighted by Crippen LogP contribution is 1.96. The van der Waals surface area contributed by atoms with Crippen LogP contribution in [0.1, 0.15) is 6.42 Å². The molecule has 0 aliphatic heterocycles. The highest BCUT2D eigenvalue weighted by atomic mass is 32.2. The molecule has 2 unspecified atom stereocenters. The van der Waals surface area contributed by atoms with Gasteiger partial charge >= 0.3 is 0 Å². The van der Waals surface area contributed by atoms with Crippen molar-refractivity contribution in [3.05, 3.63) is 0 Å². The Bertz CT molecular complexity index is 94.6. The standard InChI is InChI=1S/C4H10O4S/c5-2-1-4(3-6)9(7)8/h4-6H,1-3H2,(H,7,8). The van der Waals surface area contributed by atoms with Crippen LogP contribution in [0.3, 0.4) is 0 Å². The van der Waals surface area contributed by atoms with Gasteiger partial charge < -0.3 is 14.8 Å². The Balaban J connectivity index is 3.54. The molecule has 2 atom stereocenters. The van der Waals surface area contributed by atoms with Gasteiger partial charge in [-0.3, -0.25) is 0 Å². The maximum Gasteiger partial charge on any atom is 0.158 e. The minimum absolute atomic E-state index is 0.166. The molecule has 9 heavy (non-hydrogen) atoms. The lowest BCUT2D eigenvalue weighted by molar-refractivity contribution is 0.242. The summed E-state index contributed by atoms with van der Waals surface area (Å²) in [6.07, 6.45) is 0.166. The van der Waals surface area contributed by atoms with Crippen molar-refractivity contribution in [1.82, 2.24) is 0 Å². The Morgan fingerprint density at radius 3 is 2.11 bits per heavy atom. The van der Waals surface area contributed by atoms with Crippen molar-refractivity contribution in [3.8, 4) is 0 Å². The molecule has 0 fully saturated rings. The van der Waals surface area contributed by atoms with Crippen molar-refractivity contribution in [2.24, 2.45) is 0 Å². The molecule has 0 spiro atoms. The SMILES string of the molecule is O=S(O)C(CO)CCO. The van der Waals surface area contributed by atoms with E-state index >= 15 is 0 Å². The van der Waals surface area contributed by atoms with E-state index in [1.807, 2.05) is 0 Å². The first-order valence-electron chi connectivity index (χ1n) is 2.53. The first kappa shape index (κ1) is 9.03. The fourth-order valence-electron chi connectivity index (χ4n) is 0.400. The third-order valence-corrected chi connectivity index (χ3v) is 1.89. The van der Waals surface area contributed by atoms with Crippen LogP contribution in [0, 0.1) is 0 Å². The second-order valence-corrected chi connectivity index (χ2v) is 2.81. The third-order valence-electron chi connectivity index (χ3n) is 0.940. The zero-order valence-corrected chi connectivity index (χ0v) is 5.67. The predicted octanol–water partition coefficient (Wildman–Crippen LogP) is -1.05. The smallest absolute Gasteiger partial charge is 0.158 e. The van der Waals surface area contributed by atoms with E-state index in [9.17, 15) is 4.21 Å². The number of hydrogen-bond acceptors (Lipinski definition) is 3. The van der Waals surface area contributed by atoms with Gasteiger partial charge in [0.15, 0.2) is 11.1 Å². The second kappa shape index (κ2) is 4.87. The summed E-state index contributed by atoms with van der Waals surface area (Å²) in [5.74, 6) is 0. The van der Waals surface area contributed by atoms with Gasteiger partial charge in [0, 0.05) is 6.61 Å². The molecule has 3 N–H and O–H groups in total. The Kier molecular flexibility index (Phi) is 4.88. The largest absolute Gasteiger partial charge is 0.396 e. The lowest BCUT2D eigenvalue weighted by Crippen LogP contribution is -2.20. The minimum atomic E-state index is -2.01. The normalized spacial score (nSPS) is 17.2. The molecule has 0 amide bonds. The van der Waals surface area contributed by atoms with Crippen LogP contribution < -0.4 is 0 Å². The van der Waals surface area contributed by atoms with E-state index in [1.165, 1.54) is 0 Å². The van der Waals surface area contributed by atoms with Crippen LogP contribution in [0.15, 0.2) is 0 Å². The first-order valence-corrected chi connectivity index (χ1v) is 3.70. The van der Waals surface area contributed by atoms with E-state index in [0.717, 1.165) is 0 Å². The first-order chi connectivity index (χ1) is 4.22. The van der Waals surface area contributed by atoms with E-state index in [1.54, 1.807) is 0 Å². The van der Waals surface area contributed by atoms with Crippen molar-refractivity contribution in [1.29, 1.82) is 0 Å². The van der Waals surface area contributed by atoms with Gasteiger partial charge in [-0.15, -0.1) is 0 Å². The quantitative estimate of drug-likeness (QED) is 0.451. The van der Waals surface area contributed by atoms with Gasteiger partial charge in [0.05, 0.1) is 11.9 Å². The maximum atomic E-state index is 10.2. The fraction of sp³-hybridized carbons (Fsp3) is 1.00.